The molecule has 0 aliphatic carbocycles. The molecule has 2 aromatic rings. The number of amidine groups is 1. The molecule has 2 amide bonds. The van der Waals surface area contributed by atoms with Crippen molar-refractivity contribution in [2.24, 2.45) is 4.99 Å². The van der Waals surface area contributed by atoms with Crippen LogP contribution < -0.4 is 10.1 Å². The fourth-order valence-corrected chi connectivity index (χ4v) is 3.86. The standard InChI is InChI=1S/C22H23N3O5S/c1-4-30-21(28)14-5-7-15(8-6-14)23-20(27)18-13-19(26)25(2)22(31-18)24-16-9-11-17(29-3)12-10-16/h5-12,18H,4,13H2,1-3H3,(H,23,27). The molecule has 1 heterocycles. The number of thioether (sulfide) groups is 1. The number of nitrogens with one attached hydrogen (secondary N) is 1. The molecular weight excluding hydrogens is 418 g/mol. The van der Waals surface area contributed by atoms with Gasteiger partial charge in [0.05, 0.1) is 25.0 Å². The number of carbonyl (C=O) groups is 3. The maximum absolute atomic E-state index is 12.8. The van der Waals surface area contributed by atoms with Crippen molar-refractivity contribution in [2.45, 2.75) is 18.6 Å². The number of anilines is 1. The number of hydrogen-bond donors (Lipinski definition) is 1. The van der Waals surface area contributed by atoms with Gasteiger partial charge in [0.15, 0.2) is 5.17 Å². The molecule has 0 spiro atoms. The zero-order valence-electron chi connectivity index (χ0n) is 17.5. The number of benzene rings is 2. The summed E-state index contributed by atoms with van der Waals surface area (Å²) >= 11 is 1.23. The number of aliphatic imine (C=N–C) groups is 1. The number of amides is 2. The Morgan fingerprint density at radius 3 is 2.45 bits per heavy atom. The quantitative estimate of drug-likeness (QED) is 0.690. The van der Waals surface area contributed by atoms with Gasteiger partial charge < -0.3 is 14.8 Å². The molecule has 8 nitrogen and oxygen atoms in total. The monoisotopic (exact) mass is 441 g/mol. The summed E-state index contributed by atoms with van der Waals surface area (Å²) in [4.78, 5) is 42.9. The third kappa shape index (κ3) is 5.64. The molecule has 1 N–H and O–H groups in total. The number of nitrogens with zero attached hydrogens (tertiary/aromatic N) is 2. The Kier molecular flexibility index (Phi) is 7.30. The Hall–Kier alpha value is -3.33. The lowest BCUT2D eigenvalue weighted by Crippen LogP contribution is -2.43. The van der Waals surface area contributed by atoms with Crippen LogP contribution >= 0.6 is 11.8 Å². The zero-order valence-corrected chi connectivity index (χ0v) is 18.3. The summed E-state index contributed by atoms with van der Waals surface area (Å²) in [5, 5.41) is 2.61. The lowest BCUT2D eigenvalue weighted by atomic mass is 10.2. The van der Waals surface area contributed by atoms with E-state index < -0.39 is 11.2 Å². The second kappa shape index (κ2) is 10.1. The van der Waals surface area contributed by atoms with Gasteiger partial charge in [0.1, 0.15) is 11.0 Å². The van der Waals surface area contributed by atoms with Crippen LogP contribution in [0.25, 0.3) is 0 Å². The largest absolute Gasteiger partial charge is 0.497 e. The predicted molar refractivity (Wildman–Crippen MR) is 120 cm³/mol. The molecule has 1 fully saturated rings. The molecule has 1 aliphatic heterocycles. The van der Waals surface area contributed by atoms with Crippen molar-refractivity contribution in [3.8, 4) is 5.75 Å². The molecule has 0 radical (unpaired) electrons. The molecule has 1 atom stereocenters. The van der Waals surface area contributed by atoms with Crippen LogP contribution in [0.1, 0.15) is 23.7 Å². The SMILES string of the molecule is CCOC(=O)c1ccc(NC(=O)C2CC(=O)N(C)C(=Nc3ccc(OC)cc3)S2)cc1. The smallest absolute Gasteiger partial charge is 0.338 e. The van der Waals surface area contributed by atoms with Gasteiger partial charge in [-0.05, 0) is 55.5 Å². The van der Waals surface area contributed by atoms with Crippen molar-refractivity contribution in [1.29, 1.82) is 0 Å². The van der Waals surface area contributed by atoms with E-state index in [9.17, 15) is 14.4 Å². The molecule has 0 bridgehead atoms. The molecule has 1 saturated heterocycles. The van der Waals surface area contributed by atoms with Gasteiger partial charge in [-0.15, -0.1) is 0 Å². The Balaban J connectivity index is 1.70. The number of carbonyl (C=O) groups excluding carboxylic acids is 3. The van der Waals surface area contributed by atoms with Crippen molar-refractivity contribution in [2.75, 3.05) is 26.1 Å². The second-order valence-electron chi connectivity index (χ2n) is 6.64. The minimum absolute atomic E-state index is 0.0650. The molecule has 31 heavy (non-hydrogen) atoms. The summed E-state index contributed by atoms with van der Waals surface area (Å²) in [5.74, 6) is -0.214. The van der Waals surface area contributed by atoms with Gasteiger partial charge in [0.2, 0.25) is 11.8 Å². The minimum Gasteiger partial charge on any atom is -0.497 e. The molecule has 1 aliphatic rings. The molecule has 2 aromatic carbocycles. The van der Waals surface area contributed by atoms with Crippen LogP contribution in [0.4, 0.5) is 11.4 Å². The lowest BCUT2D eigenvalue weighted by molar-refractivity contribution is -0.128. The first-order chi connectivity index (χ1) is 14.9. The van der Waals surface area contributed by atoms with Crippen LogP contribution in [0.5, 0.6) is 5.75 Å². The Morgan fingerprint density at radius 2 is 1.84 bits per heavy atom. The van der Waals surface area contributed by atoms with Crippen LogP contribution in [0.2, 0.25) is 0 Å². The number of esters is 1. The van der Waals surface area contributed by atoms with Gasteiger partial charge in [0.25, 0.3) is 0 Å². The average Bonchev–Trinajstić information content (AvgIpc) is 2.78. The first-order valence-electron chi connectivity index (χ1n) is 9.65. The van der Waals surface area contributed by atoms with E-state index in [2.05, 4.69) is 10.3 Å². The fraction of sp³-hybridized carbons (Fsp3) is 0.273. The summed E-state index contributed by atoms with van der Waals surface area (Å²) in [6.45, 7) is 2.03. The maximum atomic E-state index is 12.8. The molecule has 162 valence electrons. The van der Waals surface area contributed by atoms with Gasteiger partial charge in [-0.25, -0.2) is 9.79 Å². The summed E-state index contributed by atoms with van der Waals surface area (Å²) in [6.07, 6.45) is 0.0650. The molecule has 1 unspecified atom stereocenters. The van der Waals surface area contributed by atoms with Gasteiger partial charge >= 0.3 is 5.97 Å². The Morgan fingerprint density at radius 1 is 1.16 bits per heavy atom. The van der Waals surface area contributed by atoms with E-state index in [0.717, 1.165) is 0 Å². The van der Waals surface area contributed by atoms with Crippen molar-refractivity contribution < 1.29 is 23.9 Å². The first kappa shape index (κ1) is 22.4. The first-order valence-corrected chi connectivity index (χ1v) is 10.5. The number of methoxy groups -OCH3 is 1. The molecule has 0 saturated carbocycles. The lowest BCUT2D eigenvalue weighted by Gasteiger charge is -2.28. The number of hydrogen-bond acceptors (Lipinski definition) is 7. The van der Waals surface area contributed by atoms with Crippen LogP contribution in [-0.4, -0.2) is 53.9 Å². The summed E-state index contributed by atoms with van der Waals surface area (Å²) in [7, 11) is 3.22. The van der Waals surface area contributed by atoms with Gasteiger partial charge in [-0.1, -0.05) is 11.8 Å². The topological polar surface area (TPSA) is 97.3 Å². The maximum Gasteiger partial charge on any atom is 0.338 e. The van der Waals surface area contributed by atoms with Gasteiger partial charge in [-0.2, -0.15) is 0 Å². The summed E-state index contributed by atoms with van der Waals surface area (Å²) in [5.41, 5.74) is 1.58. The molecular formula is C22H23N3O5S. The highest BCUT2D eigenvalue weighted by Crippen LogP contribution is 2.29. The van der Waals surface area contributed by atoms with Gasteiger partial charge in [-0.3, -0.25) is 14.5 Å². The van der Waals surface area contributed by atoms with Crippen molar-refractivity contribution >= 4 is 46.1 Å². The van der Waals surface area contributed by atoms with E-state index in [1.807, 2.05) is 0 Å². The van der Waals surface area contributed by atoms with E-state index in [4.69, 9.17) is 9.47 Å². The van der Waals surface area contributed by atoms with Crippen LogP contribution in [0.3, 0.4) is 0 Å². The van der Waals surface area contributed by atoms with Crippen molar-refractivity contribution in [1.82, 2.24) is 4.90 Å². The highest BCUT2D eigenvalue weighted by atomic mass is 32.2. The average molecular weight is 442 g/mol. The Labute approximate surface area is 184 Å². The van der Waals surface area contributed by atoms with Crippen LogP contribution in [0.15, 0.2) is 53.5 Å². The number of rotatable bonds is 6. The van der Waals surface area contributed by atoms with E-state index in [-0.39, 0.29) is 18.2 Å². The minimum atomic E-state index is -0.620. The summed E-state index contributed by atoms with van der Waals surface area (Å²) < 4.78 is 10.1. The predicted octanol–water partition coefficient (Wildman–Crippen LogP) is 3.46. The molecule has 3 rings (SSSR count). The van der Waals surface area contributed by atoms with E-state index in [1.165, 1.54) is 16.7 Å². The fourth-order valence-electron chi connectivity index (χ4n) is 2.79. The highest BCUT2D eigenvalue weighted by molar-refractivity contribution is 8.15. The Bertz CT molecular complexity index is 989. The molecule has 0 aromatic heterocycles. The number of ether oxygens (including phenoxy) is 2. The second-order valence-corrected chi connectivity index (χ2v) is 7.81. The summed E-state index contributed by atoms with van der Waals surface area (Å²) in [6, 6.07) is 13.5. The van der Waals surface area contributed by atoms with Crippen molar-refractivity contribution in [3.63, 3.8) is 0 Å². The third-order valence-electron chi connectivity index (χ3n) is 4.52. The van der Waals surface area contributed by atoms with Crippen LogP contribution in [0, 0.1) is 0 Å². The third-order valence-corrected chi connectivity index (χ3v) is 5.76. The highest BCUT2D eigenvalue weighted by Gasteiger charge is 2.34. The van der Waals surface area contributed by atoms with Crippen molar-refractivity contribution in [3.05, 3.63) is 54.1 Å². The normalized spacial score (nSPS) is 17.4. The van der Waals surface area contributed by atoms with E-state index in [0.29, 0.717) is 34.5 Å². The van der Waals surface area contributed by atoms with E-state index in [1.54, 1.807) is 69.6 Å². The van der Waals surface area contributed by atoms with Gasteiger partial charge in [0, 0.05) is 19.2 Å². The van der Waals surface area contributed by atoms with Crippen LogP contribution in [-0.2, 0) is 14.3 Å². The van der Waals surface area contributed by atoms with E-state index >= 15 is 0 Å². The molecule has 9 heteroatoms. The zero-order chi connectivity index (χ0) is 22.4.